The van der Waals surface area contributed by atoms with Crippen LogP contribution in [-0.2, 0) is 6.18 Å². The Labute approximate surface area is 155 Å². The van der Waals surface area contributed by atoms with Crippen LogP contribution in [0.2, 0.25) is 0 Å². The number of aromatic nitrogens is 2. The smallest absolute Gasteiger partial charge is 0.417 e. The van der Waals surface area contributed by atoms with Crippen molar-refractivity contribution in [3.05, 3.63) is 52.8 Å². The van der Waals surface area contributed by atoms with Crippen LogP contribution < -0.4 is 4.74 Å². The molecule has 1 fully saturated rings. The molecule has 3 rings (SSSR count). The highest BCUT2D eigenvalue weighted by Gasteiger charge is 2.37. The molecule has 1 amide bonds. The van der Waals surface area contributed by atoms with Crippen LogP contribution in [0, 0.1) is 13.8 Å². The minimum Gasteiger partial charge on any atom is -0.458 e. The average molecular weight is 379 g/mol. The fourth-order valence-corrected chi connectivity index (χ4v) is 3.20. The molecule has 144 valence electrons. The summed E-state index contributed by atoms with van der Waals surface area (Å²) < 4.78 is 45.4. The lowest BCUT2D eigenvalue weighted by molar-refractivity contribution is -0.138. The Kier molecular flexibility index (Phi) is 5.34. The van der Waals surface area contributed by atoms with Crippen molar-refractivity contribution < 1.29 is 22.7 Å². The van der Waals surface area contributed by atoms with Gasteiger partial charge in [0.25, 0.3) is 5.91 Å². The Morgan fingerprint density at radius 2 is 1.85 bits per heavy atom. The van der Waals surface area contributed by atoms with E-state index in [-0.39, 0.29) is 24.2 Å². The molecule has 1 unspecified atom stereocenters. The van der Waals surface area contributed by atoms with Crippen LogP contribution >= 0.6 is 0 Å². The maximum atomic E-state index is 13.2. The number of benzene rings is 1. The summed E-state index contributed by atoms with van der Waals surface area (Å²) in [7, 11) is 0. The number of likely N-dealkylation sites (tertiary alicyclic amines) is 1. The molecule has 1 aliphatic rings. The summed E-state index contributed by atoms with van der Waals surface area (Å²) in [6, 6.07) is 6.89. The van der Waals surface area contributed by atoms with E-state index in [1.54, 1.807) is 0 Å². The van der Waals surface area contributed by atoms with Crippen molar-refractivity contribution in [3.8, 4) is 6.01 Å². The van der Waals surface area contributed by atoms with Gasteiger partial charge in [-0.1, -0.05) is 12.1 Å². The van der Waals surface area contributed by atoms with Gasteiger partial charge in [0.15, 0.2) is 0 Å². The second-order valence-electron chi connectivity index (χ2n) is 6.61. The summed E-state index contributed by atoms with van der Waals surface area (Å²) >= 11 is 0. The van der Waals surface area contributed by atoms with Crippen LogP contribution in [0.25, 0.3) is 0 Å². The minimum atomic E-state index is -4.58. The molecule has 0 saturated carbocycles. The van der Waals surface area contributed by atoms with E-state index in [4.69, 9.17) is 4.74 Å². The molecule has 1 aromatic carbocycles. The zero-order valence-corrected chi connectivity index (χ0v) is 15.1. The third-order valence-corrected chi connectivity index (χ3v) is 4.36. The molecule has 27 heavy (non-hydrogen) atoms. The molecular weight excluding hydrogens is 359 g/mol. The van der Waals surface area contributed by atoms with Crippen molar-refractivity contribution in [3.63, 3.8) is 0 Å². The highest BCUT2D eigenvalue weighted by Crippen LogP contribution is 2.32. The first-order valence-corrected chi connectivity index (χ1v) is 8.68. The third kappa shape index (κ3) is 4.56. The van der Waals surface area contributed by atoms with Gasteiger partial charge in [0.1, 0.15) is 6.10 Å². The summed E-state index contributed by atoms with van der Waals surface area (Å²) in [4.78, 5) is 22.6. The van der Waals surface area contributed by atoms with Crippen LogP contribution in [0.4, 0.5) is 13.2 Å². The second kappa shape index (κ2) is 7.54. The lowest BCUT2D eigenvalue weighted by atomic mass is 10.0. The predicted molar refractivity (Wildman–Crippen MR) is 92.5 cm³/mol. The summed E-state index contributed by atoms with van der Waals surface area (Å²) in [5.74, 6) is -0.641. The topological polar surface area (TPSA) is 55.3 Å². The van der Waals surface area contributed by atoms with Crippen molar-refractivity contribution in [2.45, 2.75) is 39.0 Å². The van der Waals surface area contributed by atoms with Gasteiger partial charge >= 0.3 is 12.2 Å². The first-order chi connectivity index (χ1) is 12.7. The standard InChI is InChI=1S/C19H20F3N3O2/c1-12-10-13(2)24-18(23-12)27-14-6-5-9-25(11-14)17(26)15-7-3-4-8-16(15)19(20,21)22/h3-4,7-8,10,14H,5-6,9,11H2,1-2H3. The molecule has 0 bridgehead atoms. The van der Waals surface area contributed by atoms with E-state index in [1.165, 1.54) is 23.1 Å². The number of aryl methyl sites for hydroxylation is 2. The fraction of sp³-hybridized carbons (Fsp3) is 0.421. The number of alkyl halides is 3. The monoisotopic (exact) mass is 379 g/mol. The van der Waals surface area contributed by atoms with Crippen molar-refractivity contribution in [2.75, 3.05) is 13.1 Å². The molecule has 1 aromatic heterocycles. The van der Waals surface area contributed by atoms with Crippen molar-refractivity contribution in [2.24, 2.45) is 0 Å². The molecule has 0 spiro atoms. The van der Waals surface area contributed by atoms with Gasteiger partial charge in [0.05, 0.1) is 17.7 Å². The SMILES string of the molecule is Cc1cc(C)nc(OC2CCCN(C(=O)c3ccccc3C(F)(F)F)C2)n1. The molecule has 2 aromatic rings. The van der Waals surface area contributed by atoms with Gasteiger partial charge in [-0.05, 0) is 44.9 Å². The normalized spacial score (nSPS) is 17.7. The summed E-state index contributed by atoms with van der Waals surface area (Å²) in [5.41, 5.74) is 0.268. The van der Waals surface area contributed by atoms with Gasteiger partial charge in [-0.15, -0.1) is 0 Å². The van der Waals surface area contributed by atoms with Crippen molar-refractivity contribution >= 4 is 5.91 Å². The van der Waals surface area contributed by atoms with Crippen LogP contribution in [-0.4, -0.2) is 40.0 Å². The quantitative estimate of drug-likeness (QED) is 0.814. The van der Waals surface area contributed by atoms with E-state index >= 15 is 0 Å². The number of rotatable bonds is 3. The number of amides is 1. The number of hydrogen-bond acceptors (Lipinski definition) is 4. The summed E-state index contributed by atoms with van der Waals surface area (Å²) in [6.07, 6.45) is -3.62. The van der Waals surface area contributed by atoms with Crippen LogP contribution in [0.1, 0.15) is 40.2 Å². The molecule has 1 aliphatic heterocycles. The molecular formula is C19H20F3N3O2. The Bertz CT molecular complexity index is 819. The Morgan fingerprint density at radius 1 is 1.19 bits per heavy atom. The molecule has 1 atom stereocenters. The zero-order valence-electron chi connectivity index (χ0n) is 15.1. The molecule has 0 N–H and O–H groups in total. The van der Waals surface area contributed by atoms with Crippen LogP contribution in [0.15, 0.2) is 30.3 Å². The van der Waals surface area contributed by atoms with Crippen molar-refractivity contribution in [1.29, 1.82) is 0 Å². The highest BCUT2D eigenvalue weighted by atomic mass is 19.4. The molecule has 8 heteroatoms. The molecule has 5 nitrogen and oxygen atoms in total. The number of halogens is 3. The Balaban J connectivity index is 1.76. The lowest BCUT2D eigenvalue weighted by Gasteiger charge is -2.33. The fourth-order valence-electron chi connectivity index (χ4n) is 3.20. The molecule has 1 saturated heterocycles. The van der Waals surface area contributed by atoms with Gasteiger partial charge in [-0.2, -0.15) is 13.2 Å². The minimum absolute atomic E-state index is 0.196. The van der Waals surface area contributed by atoms with Crippen LogP contribution in [0.3, 0.4) is 0 Å². The largest absolute Gasteiger partial charge is 0.458 e. The van der Waals surface area contributed by atoms with Crippen LogP contribution in [0.5, 0.6) is 6.01 Å². The molecule has 0 aliphatic carbocycles. The van der Waals surface area contributed by atoms with Crippen molar-refractivity contribution in [1.82, 2.24) is 14.9 Å². The number of ether oxygens (including phenoxy) is 1. The maximum absolute atomic E-state index is 13.2. The first kappa shape index (κ1) is 19.1. The number of piperidine rings is 1. The second-order valence-corrected chi connectivity index (χ2v) is 6.61. The summed E-state index contributed by atoms with van der Waals surface area (Å²) in [5, 5.41) is 0. The van der Waals surface area contributed by atoms with Gasteiger partial charge < -0.3 is 9.64 Å². The molecule has 2 heterocycles. The summed E-state index contributed by atoms with van der Waals surface area (Å²) in [6.45, 7) is 4.23. The van der Waals surface area contributed by atoms with E-state index in [2.05, 4.69) is 9.97 Å². The predicted octanol–water partition coefficient (Wildman–Crippen LogP) is 3.80. The number of hydrogen-bond donors (Lipinski definition) is 0. The Morgan fingerprint density at radius 3 is 2.52 bits per heavy atom. The third-order valence-electron chi connectivity index (χ3n) is 4.36. The first-order valence-electron chi connectivity index (χ1n) is 8.68. The Hall–Kier alpha value is -2.64. The van der Waals surface area contributed by atoms with Gasteiger partial charge in [-0.3, -0.25) is 4.79 Å². The van der Waals surface area contributed by atoms with E-state index in [9.17, 15) is 18.0 Å². The van der Waals surface area contributed by atoms with E-state index in [0.717, 1.165) is 17.5 Å². The van der Waals surface area contributed by atoms with Gasteiger partial charge in [0.2, 0.25) is 0 Å². The number of carbonyl (C=O) groups excluding carboxylic acids is 1. The van der Waals surface area contributed by atoms with E-state index in [1.807, 2.05) is 19.9 Å². The van der Waals surface area contributed by atoms with E-state index in [0.29, 0.717) is 19.4 Å². The number of carbonyl (C=O) groups is 1. The zero-order chi connectivity index (χ0) is 19.6. The van der Waals surface area contributed by atoms with Gasteiger partial charge in [0, 0.05) is 17.9 Å². The number of nitrogens with zero attached hydrogens (tertiary/aromatic N) is 3. The average Bonchev–Trinajstić information content (AvgIpc) is 2.60. The van der Waals surface area contributed by atoms with E-state index < -0.39 is 17.6 Å². The highest BCUT2D eigenvalue weighted by molar-refractivity contribution is 5.96. The maximum Gasteiger partial charge on any atom is 0.417 e. The molecule has 0 radical (unpaired) electrons. The van der Waals surface area contributed by atoms with Gasteiger partial charge in [-0.25, -0.2) is 9.97 Å². The lowest BCUT2D eigenvalue weighted by Crippen LogP contribution is -2.45.